The monoisotopic (exact) mass is 319 g/mol. The molecule has 0 spiro atoms. The van der Waals surface area contributed by atoms with E-state index in [-0.39, 0.29) is 12.4 Å². The number of aromatic hydroxyl groups is 1. The summed E-state index contributed by atoms with van der Waals surface area (Å²) in [7, 11) is 0. The van der Waals surface area contributed by atoms with E-state index in [9.17, 15) is 15.0 Å². The van der Waals surface area contributed by atoms with Crippen LogP contribution in [-0.4, -0.2) is 27.3 Å². The third-order valence-electron chi connectivity index (χ3n) is 2.97. The van der Waals surface area contributed by atoms with Gasteiger partial charge in [-0.3, -0.25) is 9.78 Å². The summed E-state index contributed by atoms with van der Waals surface area (Å²) in [4.78, 5) is 15.8. The largest absolute Gasteiger partial charge is 0.505 e. The standard InChI is InChI=1S/C15H14ClN3O3/c1-9-14(21)13(11(8-20)6-17-9)7-18-19-15(22)10-3-2-4-12(16)5-10/h2-7,20-21H,8H2,1H3,(H,19,22). The predicted octanol–water partition coefficient (Wildman–Crippen LogP) is 2.01. The molecule has 0 aliphatic rings. The fraction of sp³-hybridized carbons (Fsp3) is 0.133. The zero-order chi connectivity index (χ0) is 16.1. The van der Waals surface area contributed by atoms with Crippen molar-refractivity contribution in [2.24, 2.45) is 5.10 Å². The van der Waals surface area contributed by atoms with E-state index in [0.717, 1.165) is 0 Å². The molecule has 0 aliphatic heterocycles. The van der Waals surface area contributed by atoms with Crippen LogP contribution in [0.3, 0.4) is 0 Å². The maximum absolute atomic E-state index is 11.9. The number of carbonyl (C=O) groups excluding carboxylic acids is 1. The lowest BCUT2D eigenvalue weighted by Gasteiger charge is -2.07. The van der Waals surface area contributed by atoms with Gasteiger partial charge < -0.3 is 10.2 Å². The summed E-state index contributed by atoms with van der Waals surface area (Å²) in [6.07, 6.45) is 2.70. The SMILES string of the molecule is Cc1ncc(CO)c(C=NNC(=O)c2cccc(Cl)c2)c1O. The lowest BCUT2D eigenvalue weighted by atomic mass is 10.1. The van der Waals surface area contributed by atoms with Crippen LogP contribution in [0.2, 0.25) is 5.02 Å². The number of amides is 1. The van der Waals surface area contributed by atoms with E-state index in [4.69, 9.17) is 11.6 Å². The van der Waals surface area contributed by atoms with Gasteiger partial charge in [0, 0.05) is 27.9 Å². The summed E-state index contributed by atoms with van der Waals surface area (Å²) >= 11 is 5.81. The molecule has 1 aromatic carbocycles. The Morgan fingerprint density at radius 2 is 2.27 bits per heavy atom. The Morgan fingerprint density at radius 1 is 1.50 bits per heavy atom. The van der Waals surface area contributed by atoms with Crippen molar-refractivity contribution in [2.75, 3.05) is 0 Å². The van der Waals surface area contributed by atoms with E-state index >= 15 is 0 Å². The molecule has 1 heterocycles. The second kappa shape index (κ2) is 7.02. The number of nitrogens with zero attached hydrogens (tertiary/aromatic N) is 2. The van der Waals surface area contributed by atoms with E-state index in [1.54, 1.807) is 25.1 Å². The van der Waals surface area contributed by atoms with Gasteiger partial charge in [-0.15, -0.1) is 0 Å². The highest BCUT2D eigenvalue weighted by atomic mass is 35.5. The highest BCUT2D eigenvalue weighted by Gasteiger charge is 2.10. The molecule has 6 nitrogen and oxygen atoms in total. The number of aliphatic hydroxyl groups is 1. The average Bonchev–Trinajstić information content (AvgIpc) is 2.51. The maximum atomic E-state index is 11.9. The number of halogens is 1. The van der Waals surface area contributed by atoms with Gasteiger partial charge in [-0.1, -0.05) is 17.7 Å². The average molecular weight is 320 g/mol. The third-order valence-corrected chi connectivity index (χ3v) is 3.21. The molecule has 0 atom stereocenters. The van der Waals surface area contributed by atoms with Crippen LogP contribution in [0, 0.1) is 6.92 Å². The van der Waals surface area contributed by atoms with E-state index in [1.165, 1.54) is 18.5 Å². The minimum atomic E-state index is -0.436. The first kappa shape index (κ1) is 15.9. The second-order valence-electron chi connectivity index (χ2n) is 4.50. The maximum Gasteiger partial charge on any atom is 0.271 e. The highest BCUT2D eigenvalue weighted by Crippen LogP contribution is 2.21. The molecular weight excluding hydrogens is 306 g/mol. The molecule has 1 amide bonds. The summed E-state index contributed by atoms with van der Waals surface area (Å²) in [5, 5.41) is 23.4. The van der Waals surface area contributed by atoms with Gasteiger partial charge in [-0.05, 0) is 25.1 Å². The normalized spacial score (nSPS) is 10.9. The van der Waals surface area contributed by atoms with E-state index in [1.807, 2.05) is 0 Å². The number of nitrogens with one attached hydrogen (secondary N) is 1. The van der Waals surface area contributed by atoms with Crippen molar-refractivity contribution in [3.63, 3.8) is 0 Å². The van der Waals surface area contributed by atoms with Crippen molar-refractivity contribution >= 4 is 23.7 Å². The fourth-order valence-electron chi connectivity index (χ4n) is 1.77. The van der Waals surface area contributed by atoms with Gasteiger partial charge in [-0.2, -0.15) is 5.10 Å². The van der Waals surface area contributed by atoms with Gasteiger partial charge in [0.05, 0.1) is 18.5 Å². The number of rotatable bonds is 4. The molecule has 7 heteroatoms. The van der Waals surface area contributed by atoms with Crippen molar-refractivity contribution in [1.82, 2.24) is 10.4 Å². The molecule has 0 radical (unpaired) electrons. The van der Waals surface area contributed by atoms with Gasteiger partial charge >= 0.3 is 0 Å². The summed E-state index contributed by atoms with van der Waals surface area (Å²) in [6, 6.07) is 6.43. The molecule has 0 saturated carbocycles. The molecule has 1 aromatic heterocycles. The van der Waals surface area contributed by atoms with Crippen LogP contribution in [-0.2, 0) is 6.61 Å². The minimum absolute atomic E-state index is 0.0905. The van der Waals surface area contributed by atoms with Gasteiger partial charge in [0.25, 0.3) is 5.91 Å². The number of benzene rings is 1. The molecule has 0 fully saturated rings. The fourth-order valence-corrected chi connectivity index (χ4v) is 1.96. The number of hydrogen-bond donors (Lipinski definition) is 3. The van der Waals surface area contributed by atoms with Crippen molar-refractivity contribution in [3.8, 4) is 5.75 Å². The summed E-state index contributed by atoms with van der Waals surface area (Å²) in [5.74, 6) is -0.526. The topological polar surface area (TPSA) is 94.8 Å². The molecule has 0 saturated heterocycles. The first-order valence-corrected chi connectivity index (χ1v) is 6.78. The summed E-state index contributed by atoms with van der Waals surface area (Å²) in [6.45, 7) is 1.32. The number of aromatic nitrogens is 1. The highest BCUT2D eigenvalue weighted by molar-refractivity contribution is 6.30. The van der Waals surface area contributed by atoms with Gasteiger partial charge in [0.15, 0.2) is 0 Å². The molecule has 2 aromatic rings. The Labute approximate surface area is 132 Å². The Morgan fingerprint density at radius 3 is 2.95 bits per heavy atom. The Kier molecular flexibility index (Phi) is 5.08. The van der Waals surface area contributed by atoms with E-state index < -0.39 is 5.91 Å². The number of pyridine rings is 1. The zero-order valence-corrected chi connectivity index (χ0v) is 12.5. The summed E-state index contributed by atoms with van der Waals surface area (Å²) in [5.41, 5.74) is 3.81. The van der Waals surface area contributed by atoms with Crippen molar-refractivity contribution in [2.45, 2.75) is 13.5 Å². The second-order valence-corrected chi connectivity index (χ2v) is 4.94. The van der Waals surface area contributed by atoms with Crippen molar-refractivity contribution in [3.05, 3.63) is 57.9 Å². The van der Waals surface area contributed by atoms with Crippen LogP contribution in [0.1, 0.15) is 27.2 Å². The molecule has 114 valence electrons. The Hall–Kier alpha value is -2.44. The molecule has 2 rings (SSSR count). The molecule has 0 aliphatic carbocycles. The predicted molar refractivity (Wildman–Crippen MR) is 83.1 cm³/mol. The van der Waals surface area contributed by atoms with Crippen LogP contribution in [0.4, 0.5) is 0 Å². The minimum Gasteiger partial charge on any atom is -0.505 e. The Bertz CT molecular complexity index is 732. The van der Waals surface area contributed by atoms with Crippen LogP contribution in [0.25, 0.3) is 0 Å². The molecular formula is C15H14ClN3O3. The quantitative estimate of drug-likeness (QED) is 0.593. The van der Waals surface area contributed by atoms with Crippen LogP contribution in [0.15, 0.2) is 35.6 Å². The first-order valence-electron chi connectivity index (χ1n) is 6.40. The molecule has 22 heavy (non-hydrogen) atoms. The molecule has 3 N–H and O–H groups in total. The van der Waals surface area contributed by atoms with E-state index in [0.29, 0.717) is 27.4 Å². The van der Waals surface area contributed by atoms with Crippen molar-refractivity contribution < 1.29 is 15.0 Å². The number of carbonyl (C=O) groups is 1. The lowest BCUT2D eigenvalue weighted by Crippen LogP contribution is -2.17. The molecule has 0 bridgehead atoms. The number of aliphatic hydroxyl groups excluding tert-OH is 1. The van der Waals surface area contributed by atoms with Crippen LogP contribution in [0.5, 0.6) is 5.75 Å². The van der Waals surface area contributed by atoms with Gasteiger partial charge in [0.1, 0.15) is 5.75 Å². The molecule has 0 unspecified atom stereocenters. The number of hydrazone groups is 1. The number of aryl methyl sites for hydroxylation is 1. The lowest BCUT2D eigenvalue weighted by molar-refractivity contribution is 0.0955. The van der Waals surface area contributed by atoms with Gasteiger partial charge in [-0.25, -0.2) is 5.43 Å². The van der Waals surface area contributed by atoms with Crippen LogP contribution >= 0.6 is 11.6 Å². The van der Waals surface area contributed by atoms with E-state index in [2.05, 4.69) is 15.5 Å². The van der Waals surface area contributed by atoms with Crippen LogP contribution < -0.4 is 5.43 Å². The van der Waals surface area contributed by atoms with Gasteiger partial charge in [0.2, 0.25) is 0 Å². The zero-order valence-electron chi connectivity index (χ0n) is 11.7. The first-order chi connectivity index (χ1) is 10.5. The van der Waals surface area contributed by atoms with Crippen molar-refractivity contribution in [1.29, 1.82) is 0 Å². The smallest absolute Gasteiger partial charge is 0.271 e. The summed E-state index contributed by atoms with van der Waals surface area (Å²) < 4.78 is 0. The number of hydrogen-bond acceptors (Lipinski definition) is 5. The third kappa shape index (κ3) is 3.60. The Balaban J connectivity index is 2.16.